The molecule has 0 amide bonds. The summed E-state index contributed by atoms with van der Waals surface area (Å²) in [7, 11) is -3.76. The van der Waals surface area contributed by atoms with Crippen molar-refractivity contribution < 1.29 is 13.2 Å². The summed E-state index contributed by atoms with van der Waals surface area (Å²) in [5.74, 6) is 0.412. The number of anilines is 1. The summed E-state index contributed by atoms with van der Waals surface area (Å²) in [6.45, 7) is 0.183. The van der Waals surface area contributed by atoms with Gasteiger partial charge >= 0.3 is 0 Å². The average molecular weight is 409 g/mol. The van der Waals surface area contributed by atoms with Gasteiger partial charge in [0, 0.05) is 6.20 Å². The third-order valence-corrected chi connectivity index (χ3v) is 5.53. The number of halogens is 2. The molecule has 3 rings (SSSR count). The molecule has 0 saturated carbocycles. The summed E-state index contributed by atoms with van der Waals surface area (Å²) in [6.07, 6.45) is 1.48. The molecule has 0 unspecified atom stereocenters. The van der Waals surface area contributed by atoms with Crippen molar-refractivity contribution in [3.8, 4) is 5.75 Å². The number of ether oxygens (including phenoxy) is 1. The van der Waals surface area contributed by atoms with Crippen molar-refractivity contribution in [1.29, 1.82) is 0 Å². The Balaban J connectivity index is 1.79. The lowest BCUT2D eigenvalue weighted by atomic mass is 10.2. The predicted molar refractivity (Wildman–Crippen MR) is 102 cm³/mol. The quantitative estimate of drug-likeness (QED) is 0.637. The highest BCUT2D eigenvalue weighted by Crippen LogP contribution is 2.27. The van der Waals surface area contributed by atoms with Gasteiger partial charge in [0.05, 0.1) is 14.9 Å². The normalized spacial score (nSPS) is 11.2. The highest BCUT2D eigenvalue weighted by atomic mass is 35.5. The van der Waals surface area contributed by atoms with Crippen molar-refractivity contribution in [2.75, 3.05) is 4.72 Å². The molecule has 1 N–H and O–H groups in total. The zero-order chi connectivity index (χ0) is 18.6. The zero-order valence-corrected chi connectivity index (χ0v) is 15.7. The van der Waals surface area contributed by atoms with Gasteiger partial charge in [-0.2, -0.15) is 0 Å². The van der Waals surface area contributed by atoms with Gasteiger partial charge in [-0.15, -0.1) is 0 Å². The first-order valence-corrected chi connectivity index (χ1v) is 9.79. The number of nitrogens with zero attached hydrogens (tertiary/aromatic N) is 1. The first-order valence-electron chi connectivity index (χ1n) is 7.55. The van der Waals surface area contributed by atoms with Crippen LogP contribution in [0.3, 0.4) is 0 Å². The number of hydrogen-bond donors (Lipinski definition) is 1. The fourth-order valence-electron chi connectivity index (χ4n) is 2.16. The third-order valence-electron chi connectivity index (χ3n) is 3.43. The minimum absolute atomic E-state index is 0.108. The fraction of sp³-hybridized carbons (Fsp3) is 0.0556. The number of rotatable bonds is 6. The number of nitrogens with one attached hydrogen (secondary N) is 1. The van der Waals surface area contributed by atoms with Crippen LogP contribution in [0.4, 0.5) is 5.82 Å². The molecule has 0 aliphatic heterocycles. The molecule has 1 heterocycles. The van der Waals surface area contributed by atoms with E-state index < -0.39 is 10.0 Å². The molecular weight excluding hydrogens is 395 g/mol. The highest BCUT2D eigenvalue weighted by molar-refractivity contribution is 7.92. The van der Waals surface area contributed by atoms with Crippen molar-refractivity contribution in [1.82, 2.24) is 4.98 Å². The Labute approximate surface area is 161 Å². The molecule has 26 heavy (non-hydrogen) atoms. The molecule has 8 heteroatoms. The number of pyridine rings is 1. The molecule has 0 spiro atoms. The molecule has 0 radical (unpaired) electrons. The minimum Gasteiger partial charge on any atom is -0.485 e. The highest BCUT2D eigenvalue weighted by Gasteiger charge is 2.17. The van der Waals surface area contributed by atoms with E-state index in [4.69, 9.17) is 27.9 Å². The summed E-state index contributed by atoms with van der Waals surface area (Å²) in [5.41, 5.74) is 0.792. The molecule has 134 valence electrons. The number of benzene rings is 2. The second-order valence-corrected chi connectivity index (χ2v) is 7.80. The van der Waals surface area contributed by atoms with E-state index in [1.54, 1.807) is 48.5 Å². The van der Waals surface area contributed by atoms with E-state index in [9.17, 15) is 8.42 Å². The lowest BCUT2D eigenvalue weighted by molar-refractivity contribution is 0.307. The van der Waals surface area contributed by atoms with E-state index in [0.717, 1.165) is 5.56 Å². The first-order chi connectivity index (χ1) is 12.5. The SMILES string of the molecule is O=S(=O)(Nc1ncccc1OCc1ccc(Cl)c(Cl)c1)c1ccccc1. The first kappa shape index (κ1) is 18.5. The topological polar surface area (TPSA) is 68.3 Å². The van der Waals surface area contributed by atoms with Crippen LogP contribution in [-0.4, -0.2) is 13.4 Å². The third kappa shape index (κ3) is 4.46. The van der Waals surface area contributed by atoms with Gasteiger partial charge in [0.2, 0.25) is 0 Å². The summed E-state index contributed by atoms with van der Waals surface area (Å²) in [6, 6.07) is 16.5. The van der Waals surface area contributed by atoms with Crippen LogP contribution in [0.25, 0.3) is 0 Å². The Morgan fingerprint density at radius 1 is 0.962 bits per heavy atom. The lowest BCUT2D eigenvalue weighted by Crippen LogP contribution is -2.14. The monoisotopic (exact) mass is 408 g/mol. The Bertz CT molecular complexity index is 1010. The van der Waals surface area contributed by atoms with E-state index in [2.05, 4.69) is 9.71 Å². The van der Waals surface area contributed by atoms with Gasteiger partial charge in [-0.3, -0.25) is 4.72 Å². The van der Waals surface area contributed by atoms with Crippen LogP contribution in [0.5, 0.6) is 5.75 Å². The maximum atomic E-state index is 12.5. The summed E-state index contributed by atoms with van der Waals surface area (Å²) in [4.78, 5) is 4.21. The second kappa shape index (κ2) is 7.95. The predicted octanol–water partition coefficient (Wildman–Crippen LogP) is 4.77. The molecule has 0 atom stereocenters. The van der Waals surface area contributed by atoms with Crippen LogP contribution in [0.1, 0.15) is 5.56 Å². The molecule has 2 aromatic carbocycles. The van der Waals surface area contributed by atoms with Crippen molar-refractivity contribution >= 4 is 39.0 Å². The number of hydrogen-bond acceptors (Lipinski definition) is 4. The van der Waals surface area contributed by atoms with E-state index in [0.29, 0.717) is 15.8 Å². The second-order valence-electron chi connectivity index (χ2n) is 5.31. The van der Waals surface area contributed by atoms with Crippen molar-refractivity contribution in [3.63, 3.8) is 0 Å². The molecular formula is C18H14Cl2N2O3S. The smallest absolute Gasteiger partial charge is 0.263 e. The fourth-order valence-corrected chi connectivity index (χ4v) is 3.52. The standard InChI is InChI=1S/C18H14Cl2N2O3S/c19-15-9-8-13(11-16(15)20)12-25-17-7-4-10-21-18(17)22-26(23,24)14-5-2-1-3-6-14/h1-11H,12H2,(H,21,22). The van der Waals surface area contributed by atoms with Gasteiger partial charge in [-0.25, -0.2) is 13.4 Å². The Hall–Kier alpha value is -2.28. The van der Waals surface area contributed by atoms with Crippen LogP contribution in [0.15, 0.2) is 71.8 Å². The van der Waals surface area contributed by atoms with Crippen LogP contribution in [0.2, 0.25) is 10.0 Å². The molecule has 0 saturated heterocycles. The molecule has 3 aromatic rings. The van der Waals surface area contributed by atoms with Crippen LogP contribution >= 0.6 is 23.2 Å². The summed E-state index contributed by atoms with van der Waals surface area (Å²) in [5, 5.41) is 0.872. The van der Waals surface area contributed by atoms with Crippen molar-refractivity contribution in [2.45, 2.75) is 11.5 Å². The van der Waals surface area contributed by atoms with E-state index >= 15 is 0 Å². The molecule has 0 bridgehead atoms. The number of aromatic nitrogens is 1. The maximum Gasteiger partial charge on any atom is 0.263 e. The van der Waals surface area contributed by atoms with E-state index in [-0.39, 0.29) is 17.3 Å². The van der Waals surface area contributed by atoms with E-state index in [1.807, 2.05) is 0 Å². The van der Waals surface area contributed by atoms with Gasteiger partial charge in [-0.1, -0.05) is 47.5 Å². The van der Waals surface area contributed by atoms with Crippen LogP contribution < -0.4 is 9.46 Å². The number of sulfonamides is 1. The Morgan fingerprint density at radius 3 is 2.46 bits per heavy atom. The van der Waals surface area contributed by atoms with Crippen LogP contribution in [-0.2, 0) is 16.6 Å². The van der Waals surface area contributed by atoms with E-state index in [1.165, 1.54) is 18.3 Å². The molecule has 0 aliphatic carbocycles. The van der Waals surface area contributed by atoms with Crippen molar-refractivity contribution in [2.24, 2.45) is 0 Å². The molecule has 5 nitrogen and oxygen atoms in total. The summed E-state index contributed by atoms with van der Waals surface area (Å²) < 4.78 is 33.1. The lowest BCUT2D eigenvalue weighted by Gasteiger charge is -2.13. The van der Waals surface area contributed by atoms with Gasteiger partial charge in [0.1, 0.15) is 6.61 Å². The average Bonchev–Trinajstić information content (AvgIpc) is 2.64. The van der Waals surface area contributed by atoms with Crippen molar-refractivity contribution in [3.05, 3.63) is 82.5 Å². The zero-order valence-electron chi connectivity index (χ0n) is 13.4. The van der Waals surface area contributed by atoms with Gasteiger partial charge in [0.25, 0.3) is 10.0 Å². The van der Waals surface area contributed by atoms with Gasteiger partial charge in [0.15, 0.2) is 11.6 Å². The maximum absolute atomic E-state index is 12.5. The Kier molecular flexibility index (Phi) is 5.66. The molecule has 1 aromatic heterocycles. The van der Waals surface area contributed by atoms with Gasteiger partial charge < -0.3 is 4.74 Å². The van der Waals surface area contributed by atoms with Crippen LogP contribution in [0, 0.1) is 0 Å². The van der Waals surface area contributed by atoms with Gasteiger partial charge in [-0.05, 0) is 42.0 Å². The molecule has 0 fully saturated rings. The summed E-state index contributed by atoms with van der Waals surface area (Å²) >= 11 is 11.9. The minimum atomic E-state index is -3.76. The Morgan fingerprint density at radius 2 is 1.73 bits per heavy atom. The largest absolute Gasteiger partial charge is 0.485 e. The molecule has 0 aliphatic rings.